The Morgan fingerprint density at radius 3 is 0.750 bits per heavy atom. The minimum Gasteiger partial charge on any atom is -0.231 e. The molecule has 0 saturated carbocycles. The first kappa shape index (κ1) is 36.0. The summed E-state index contributed by atoms with van der Waals surface area (Å²) in [5.74, 6) is 0. The highest BCUT2D eigenvalue weighted by molar-refractivity contribution is 9.08. The molecule has 0 unspecified atom stereocenters. The van der Waals surface area contributed by atoms with Crippen molar-refractivity contribution in [3.8, 4) is 0 Å². The van der Waals surface area contributed by atoms with E-state index in [1.807, 2.05) is 0 Å². The number of rotatable bonds is 3. The topological polar surface area (TPSA) is 27.7 Å². The van der Waals surface area contributed by atoms with Gasteiger partial charge >= 0.3 is 8.60 Å². The fourth-order valence-corrected chi connectivity index (χ4v) is 2.59. The van der Waals surface area contributed by atoms with Gasteiger partial charge < -0.3 is 0 Å². The van der Waals surface area contributed by atoms with Crippen LogP contribution in [-0.2, 0) is 10.8 Å². The van der Waals surface area contributed by atoms with Crippen molar-refractivity contribution in [1.82, 2.24) is 0 Å². The maximum Gasteiger partial charge on any atom is 0.368 e. The highest BCUT2D eigenvalue weighted by Crippen LogP contribution is 2.45. The first-order chi connectivity index (χ1) is 3.35. The van der Waals surface area contributed by atoms with E-state index in [0.717, 1.165) is 0 Å². The van der Waals surface area contributed by atoms with Crippen LogP contribution in [0.4, 0.5) is 0 Å². The van der Waals surface area contributed by atoms with Crippen molar-refractivity contribution in [3.63, 3.8) is 0 Å². The van der Waals surface area contributed by atoms with Crippen LogP contribution in [0.25, 0.3) is 0 Å². The quantitative estimate of drug-likeness (QED) is 0.331. The van der Waals surface area contributed by atoms with Gasteiger partial charge in [0.1, 0.15) is 48.8 Å². The minimum absolute atomic E-state index is 0. The molecule has 0 heterocycles. The van der Waals surface area contributed by atoms with E-state index in [1.165, 1.54) is 0 Å². The summed E-state index contributed by atoms with van der Waals surface area (Å²) >= 11 is 7.96. The Balaban J connectivity index is -0.0000000180. The number of halogens is 8. The number of hydrogen-bond acceptors (Lipinski definition) is 3. The van der Waals surface area contributed by atoms with Crippen molar-refractivity contribution in [2.75, 3.05) is 0 Å². The van der Waals surface area contributed by atoms with Gasteiger partial charge in [0, 0.05) is 0 Å². The van der Waals surface area contributed by atoms with Crippen LogP contribution >= 0.6 is 142 Å². The fourth-order valence-electron chi connectivity index (χ4n) is 0.0319. The highest BCUT2D eigenvalue weighted by Gasteiger charge is 2.06. The largest absolute Gasteiger partial charge is 0.368 e. The van der Waals surface area contributed by atoms with Crippen molar-refractivity contribution < 1.29 is 10.8 Å². The molecule has 84 valence electrons. The van der Waals surface area contributed by atoms with E-state index in [0.29, 0.717) is 0 Å². The summed E-state index contributed by atoms with van der Waals surface area (Å²) in [7, 11) is -1.30. The van der Waals surface area contributed by atoms with E-state index in [4.69, 9.17) is 0 Å². The van der Waals surface area contributed by atoms with Crippen LogP contribution in [0.5, 0.6) is 0 Å². The Morgan fingerprint density at radius 1 is 0.583 bits per heavy atom. The summed E-state index contributed by atoms with van der Waals surface area (Å²) < 4.78 is 13.2. The zero-order valence-corrected chi connectivity index (χ0v) is 19.1. The van der Waals surface area contributed by atoms with Gasteiger partial charge in [0.2, 0.25) is 0 Å². The third kappa shape index (κ3) is 23.8. The monoisotopic (exact) mass is 715 g/mol. The maximum atomic E-state index is 4.39. The minimum atomic E-state index is -1.30. The van der Waals surface area contributed by atoms with E-state index < -0.39 is 8.60 Å². The summed E-state index contributed by atoms with van der Waals surface area (Å²) in [5, 5.41) is 0. The van der Waals surface area contributed by atoms with Gasteiger partial charge in [0.25, 0.3) is 0 Å². The standard InChI is InChI=1S/Br3O3P.5BrH/c1-4-7(5-2)6-3;;;;;/h;5*1H. The second-order valence-corrected chi connectivity index (χ2v) is 3.90. The van der Waals surface area contributed by atoms with Gasteiger partial charge in [0.05, 0.1) is 0 Å². The lowest BCUT2D eigenvalue weighted by Crippen LogP contribution is -1.66. The molecule has 0 fully saturated rings. The van der Waals surface area contributed by atoms with Crippen LogP contribution in [0.15, 0.2) is 0 Å². The van der Waals surface area contributed by atoms with Gasteiger partial charge in [0.15, 0.2) is 0 Å². The molecule has 0 aliphatic heterocycles. The van der Waals surface area contributed by atoms with Crippen LogP contribution < -0.4 is 0 Å². The molecule has 0 aliphatic rings. The Bertz CT molecular complexity index is 35.8. The Morgan fingerprint density at radius 2 is 0.750 bits per heavy atom. The van der Waals surface area contributed by atoms with Crippen molar-refractivity contribution in [2.24, 2.45) is 0 Å². The fraction of sp³-hybridized carbons (Fsp3) is 0. The second-order valence-electron chi connectivity index (χ2n) is 0.431. The van der Waals surface area contributed by atoms with Gasteiger partial charge in [-0.1, -0.05) is 0 Å². The first-order valence-corrected chi connectivity index (χ1v) is 4.05. The summed E-state index contributed by atoms with van der Waals surface area (Å²) in [6.45, 7) is 0. The zero-order valence-electron chi connectivity index (χ0n) is 4.85. The van der Waals surface area contributed by atoms with Gasteiger partial charge in [-0.2, -0.15) is 0 Å². The van der Waals surface area contributed by atoms with Gasteiger partial charge in [-0.3, -0.25) is 0 Å². The lowest BCUT2D eigenvalue weighted by atomic mass is 15.8. The molecule has 0 aliphatic carbocycles. The second kappa shape index (κ2) is 29.4. The molecule has 0 aromatic carbocycles. The van der Waals surface area contributed by atoms with Gasteiger partial charge in [-0.05, 0) is 0 Å². The van der Waals surface area contributed by atoms with Crippen molar-refractivity contribution >= 4 is 142 Å². The van der Waals surface area contributed by atoms with Gasteiger partial charge in [-0.25, -0.2) is 10.8 Å². The van der Waals surface area contributed by atoms with Crippen LogP contribution in [0.1, 0.15) is 0 Å². The van der Waals surface area contributed by atoms with E-state index >= 15 is 0 Å². The Kier molecular flexibility index (Phi) is 88.3. The predicted octanol–water partition coefficient (Wildman–Crippen LogP) is 6.08. The van der Waals surface area contributed by atoms with Crippen molar-refractivity contribution in [3.05, 3.63) is 0 Å². The molecule has 12 heavy (non-hydrogen) atoms. The van der Waals surface area contributed by atoms with Crippen LogP contribution in [0.3, 0.4) is 0 Å². The van der Waals surface area contributed by atoms with Gasteiger partial charge in [-0.15, -0.1) is 84.9 Å². The molecule has 3 nitrogen and oxygen atoms in total. The maximum absolute atomic E-state index is 4.39. The Labute approximate surface area is 151 Å². The predicted molar refractivity (Wildman–Crippen MR) is 88.6 cm³/mol. The van der Waals surface area contributed by atoms with E-state index in [-0.39, 0.29) is 84.9 Å². The molecule has 0 spiro atoms. The SMILES string of the molecule is Br.Br.Br.Br.Br.BrOP(OBr)OBr. The molecular weight excluding hydrogens is 718 g/mol. The molecule has 0 bridgehead atoms. The normalized spacial score (nSPS) is 6.00. The number of hydrogen-bond donors (Lipinski definition) is 0. The van der Waals surface area contributed by atoms with Crippen LogP contribution in [0.2, 0.25) is 0 Å². The summed E-state index contributed by atoms with van der Waals surface area (Å²) in [5.41, 5.74) is 0. The average molecular weight is 723 g/mol. The summed E-state index contributed by atoms with van der Waals surface area (Å²) in [6, 6.07) is 0. The Hall–Kier alpha value is 4.15. The van der Waals surface area contributed by atoms with E-state index in [1.54, 1.807) is 0 Å². The molecule has 0 radical (unpaired) electrons. The van der Waals surface area contributed by atoms with E-state index in [2.05, 4.69) is 59.6 Å². The molecule has 0 rings (SSSR count). The smallest absolute Gasteiger partial charge is 0.231 e. The first-order valence-electron chi connectivity index (χ1n) is 1.01. The van der Waals surface area contributed by atoms with Crippen molar-refractivity contribution in [1.29, 1.82) is 0 Å². The summed E-state index contributed by atoms with van der Waals surface area (Å²) in [4.78, 5) is 0. The molecular formula is H5Br8O3P. The lowest BCUT2D eigenvalue weighted by molar-refractivity contribution is 0.501. The van der Waals surface area contributed by atoms with Crippen molar-refractivity contribution in [2.45, 2.75) is 0 Å². The molecule has 0 saturated heterocycles. The molecule has 12 heteroatoms. The summed E-state index contributed by atoms with van der Waals surface area (Å²) in [6.07, 6.45) is 0. The molecule has 0 aromatic rings. The van der Waals surface area contributed by atoms with E-state index in [9.17, 15) is 0 Å². The average Bonchev–Trinajstić information content (AvgIpc) is 1.72. The molecule has 0 N–H and O–H groups in total. The van der Waals surface area contributed by atoms with Crippen LogP contribution in [0, 0.1) is 0 Å². The molecule has 0 amide bonds. The molecule has 0 atom stereocenters. The zero-order chi connectivity index (χ0) is 5.70. The highest BCUT2D eigenvalue weighted by atomic mass is 79.9. The third-order valence-electron chi connectivity index (χ3n) is 0.169. The molecule has 0 aromatic heterocycles. The third-order valence-corrected chi connectivity index (χ3v) is 2.63. The van der Waals surface area contributed by atoms with Crippen LogP contribution in [-0.4, -0.2) is 0 Å². The lowest BCUT2D eigenvalue weighted by Gasteiger charge is -1.98.